The van der Waals surface area contributed by atoms with Crippen molar-refractivity contribution < 1.29 is 4.79 Å². The van der Waals surface area contributed by atoms with Gasteiger partial charge in [0.15, 0.2) is 0 Å². The Hall–Kier alpha value is -1.04. The van der Waals surface area contributed by atoms with Crippen LogP contribution in [0.15, 0.2) is 18.3 Å². The molecule has 22 heavy (non-hydrogen) atoms. The van der Waals surface area contributed by atoms with E-state index < -0.39 is 0 Å². The minimum Gasteiger partial charge on any atom is -0.354 e. The van der Waals surface area contributed by atoms with E-state index in [1.807, 2.05) is 12.1 Å². The van der Waals surface area contributed by atoms with Crippen LogP contribution in [0.5, 0.6) is 0 Å². The summed E-state index contributed by atoms with van der Waals surface area (Å²) >= 11 is 0. The molecule has 1 aromatic rings. The van der Waals surface area contributed by atoms with Crippen molar-refractivity contribution in [3.63, 3.8) is 0 Å². The summed E-state index contributed by atoms with van der Waals surface area (Å²) < 4.78 is 0. The number of carbonyl (C=O) groups is 1. The number of halogens is 2. The number of anilines is 1. The fourth-order valence-corrected chi connectivity index (χ4v) is 2.31. The Morgan fingerprint density at radius 1 is 1.41 bits per heavy atom. The molecule has 1 fully saturated rings. The highest BCUT2D eigenvalue weighted by atomic mass is 35.5. The van der Waals surface area contributed by atoms with E-state index >= 15 is 0 Å². The van der Waals surface area contributed by atoms with Crippen molar-refractivity contribution in [3.05, 3.63) is 23.9 Å². The molecule has 0 aliphatic carbocycles. The lowest BCUT2D eigenvalue weighted by Crippen LogP contribution is -2.48. The van der Waals surface area contributed by atoms with Gasteiger partial charge in [-0.1, -0.05) is 0 Å². The van der Waals surface area contributed by atoms with E-state index in [9.17, 15) is 4.79 Å². The van der Waals surface area contributed by atoms with E-state index in [-0.39, 0.29) is 30.7 Å². The van der Waals surface area contributed by atoms with Crippen molar-refractivity contribution in [2.45, 2.75) is 26.8 Å². The van der Waals surface area contributed by atoms with Crippen LogP contribution in [0.4, 0.5) is 5.82 Å². The van der Waals surface area contributed by atoms with Crippen LogP contribution in [0.2, 0.25) is 0 Å². The maximum atomic E-state index is 12.0. The molecule has 1 saturated heterocycles. The van der Waals surface area contributed by atoms with Crippen LogP contribution >= 0.6 is 24.8 Å². The molecule has 5 nitrogen and oxygen atoms in total. The van der Waals surface area contributed by atoms with Gasteiger partial charge < -0.3 is 15.5 Å². The van der Waals surface area contributed by atoms with Crippen LogP contribution in [0.1, 0.15) is 31.1 Å². The normalized spacial score (nSPS) is 13.6. The molecule has 2 N–H and O–H groups in total. The number of pyridine rings is 1. The highest BCUT2D eigenvalue weighted by molar-refractivity contribution is 5.94. The molecule has 7 heteroatoms. The van der Waals surface area contributed by atoms with Gasteiger partial charge in [-0.25, -0.2) is 4.98 Å². The third kappa shape index (κ3) is 5.30. The van der Waals surface area contributed by atoms with Gasteiger partial charge in [-0.2, -0.15) is 0 Å². The van der Waals surface area contributed by atoms with Gasteiger partial charge in [0, 0.05) is 44.3 Å². The van der Waals surface area contributed by atoms with Gasteiger partial charge >= 0.3 is 0 Å². The Labute approximate surface area is 145 Å². The van der Waals surface area contributed by atoms with Crippen molar-refractivity contribution in [3.8, 4) is 0 Å². The Kier molecular flexibility index (Phi) is 9.41. The Morgan fingerprint density at radius 3 is 2.50 bits per heavy atom. The minimum absolute atomic E-state index is 0. The highest BCUT2D eigenvalue weighted by Crippen LogP contribution is 2.14. The van der Waals surface area contributed by atoms with Crippen molar-refractivity contribution >= 4 is 36.5 Å². The molecule has 1 aliphatic rings. The molecule has 0 radical (unpaired) electrons. The summed E-state index contributed by atoms with van der Waals surface area (Å²) in [7, 11) is 0. The number of hydrogen-bond donors (Lipinski definition) is 2. The second-order valence-corrected chi connectivity index (χ2v) is 5.52. The smallest absolute Gasteiger partial charge is 0.252 e. The third-order valence-corrected chi connectivity index (χ3v) is 3.69. The second kappa shape index (κ2) is 9.87. The molecule has 0 spiro atoms. The first-order valence-electron chi connectivity index (χ1n) is 7.33. The maximum Gasteiger partial charge on any atom is 0.252 e. The zero-order valence-corrected chi connectivity index (χ0v) is 15.0. The van der Waals surface area contributed by atoms with E-state index in [1.54, 1.807) is 6.20 Å². The SMILES string of the molecule is CCN(c1ccc(C(=O)NCC2CNC2)cn1)C(C)C.Cl.Cl. The first kappa shape index (κ1) is 21.0. The number of aromatic nitrogens is 1. The Morgan fingerprint density at radius 2 is 2.09 bits per heavy atom. The number of nitrogens with one attached hydrogen (secondary N) is 2. The Bertz CT molecular complexity index is 449. The number of hydrogen-bond acceptors (Lipinski definition) is 4. The molecular weight excluding hydrogens is 323 g/mol. The molecule has 0 aromatic carbocycles. The van der Waals surface area contributed by atoms with Gasteiger partial charge in [-0.3, -0.25) is 4.79 Å². The van der Waals surface area contributed by atoms with E-state index in [1.165, 1.54) is 0 Å². The molecule has 0 atom stereocenters. The van der Waals surface area contributed by atoms with Gasteiger partial charge in [-0.15, -0.1) is 24.8 Å². The summed E-state index contributed by atoms with van der Waals surface area (Å²) in [5.41, 5.74) is 0.626. The van der Waals surface area contributed by atoms with E-state index in [2.05, 4.69) is 41.3 Å². The molecule has 1 aliphatic heterocycles. The molecule has 0 saturated carbocycles. The first-order valence-corrected chi connectivity index (χ1v) is 7.33. The van der Waals surface area contributed by atoms with Crippen molar-refractivity contribution in [1.82, 2.24) is 15.6 Å². The molecular formula is C15H26Cl2N4O. The van der Waals surface area contributed by atoms with Crippen LogP contribution in [-0.2, 0) is 0 Å². The number of carbonyl (C=O) groups excluding carboxylic acids is 1. The van der Waals surface area contributed by atoms with Crippen LogP contribution < -0.4 is 15.5 Å². The lowest BCUT2D eigenvalue weighted by molar-refractivity contribution is 0.0942. The molecule has 2 rings (SSSR count). The summed E-state index contributed by atoms with van der Waals surface area (Å²) in [6, 6.07) is 4.17. The average Bonchev–Trinajstić information content (AvgIpc) is 2.38. The lowest BCUT2D eigenvalue weighted by atomic mass is 10.0. The van der Waals surface area contributed by atoms with Gasteiger partial charge in [0.05, 0.1) is 5.56 Å². The summed E-state index contributed by atoms with van der Waals surface area (Å²) in [6.45, 7) is 10.0. The zero-order valence-electron chi connectivity index (χ0n) is 13.3. The van der Waals surface area contributed by atoms with Crippen LogP contribution in [-0.4, -0.2) is 43.1 Å². The molecule has 126 valence electrons. The van der Waals surface area contributed by atoms with Crippen LogP contribution in [0, 0.1) is 5.92 Å². The largest absolute Gasteiger partial charge is 0.354 e. The summed E-state index contributed by atoms with van der Waals surface area (Å²) in [5, 5.41) is 6.15. The standard InChI is InChI=1S/C15H24N4O.2ClH/c1-4-19(11(2)3)14-6-5-13(10-17-14)15(20)18-9-12-7-16-8-12;;/h5-6,10-12,16H,4,7-9H2,1-3H3,(H,18,20);2*1H. The van der Waals surface area contributed by atoms with Crippen molar-refractivity contribution in [2.24, 2.45) is 5.92 Å². The second-order valence-electron chi connectivity index (χ2n) is 5.52. The lowest BCUT2D eigenvalue weighted by Gasteiger charge is -2.27. The molecule has 2 heterocycles. The van der Waals surface area contributed by atoms with Crippen LogP contribution in [0.3, 0.4) is 0 Å². The highest BCUT2D eigenvalue weighted by Gasteiger charge is 2.18. The summed E-state index contributed by atoms with van der Waals surface area (Å²) in [5.74, 6) is 1.45. The monoisotopic (exact) mass is 348 g/mol. The third-order valence-electron chi connectivity index (χ3n) is 3.69. The van der Waals surface area contributed by atoms with Gasteiger partial charge in [0.2, 0.25) is 0 Å². The van der Waals surface area contributed by atoms with E-state index in [0.717, 1.165) is 32.0 Å². The molecule has 0 unspecified atom stereocenters. The van der Waals surface area contributed by atoms with E-state index in [0.29, 0.717) is 17.5 Å². The predicted octanol–water partition coefficient (Wildman–Crippen LogP) is 2.11. The van der Waals surface area contributed by atoms with Crippen molar-refractivity contribution in [1.29, 1.82) is 0 Å². The number of nitrogens with zero attached hydrogens (tertiary/aromatic N) is 2. The van der Waals surface area contributed by atoms with Gasteiger partial charge in [0.1, 0.15) is 5.82 Å². The van der Waals surface area contributed by atoms with E-state index in [4.69, 9.17) is 0 Å². The molecule has 1 amide bonds. The van der Waals surface area contributed by atoms with Gasteiger partial charge in [-0.05, 0) is 32.9 Å². The van der Waals surface area contributed by atoms with Crippen molar-refractivity contribution in [2.75, 3.05) is 31.1 Å². The number of amides is 1. The minimum atomic E-state index is -0.0384. The number of rotatable bonds is 6. The molecule has 1 aromatic heterocycles. The quantitative estimate of drug-likeness (QED) is 0.826. The summed E-state index contributed by atoms with van der Waals surface area (Å²) in [6.07, 6.45) is 1.66. The van der Waals surface area contributed by atoms with Crippen LogP contribution in [0.25, 0.3) is 0 Å². The zero-order chi connectivity index (χ0) is 14.5. The fourth-order valence-electron chi connectivity index (χ4n) is 2.31. The maximum absolute atomic E-state index is 12.0. The van der Waals surface area contributed by atoms with Gasteiger partial charge in [0.25, 0.3) is 5.91 Å². The predicted molar refractivity (Wildman–Crippen MR) is 95.6 cm³/mol. The first-order chi connectivity index (χ1) is 9.61. The molecule has 0 bridgehead atoms. The summed E-state index contributed by atoms with van der Waals surface area (Å²) in [4.78, 5) is 18.6. The fraction of sp³-hybridized carbons (Fsp3) is 0.600. The Balaban J connectivity index is 0.00000220. The average molecular weight is 349 g/mol. The topological polar surface area (TPSA) is 57.3 Å².